The maximum absolute atomic E-state index is 12.5. The van der Waals surface area contributed by atoms with E-state index >= 15 is 0 Å². The molecule has 2 heterocycles. The summed E-state index contributed by atoms with van der Waals surface area (Å²) in [5.41, 5.74) is 4.72. The highest BCUT2D eigenvalue weighted by Gasteiger charge is 2.16. The van der Waals surface area contributed by atoms with Crippen molar-refractivity contribution in [2.45, 2.75) is 20.5 Å². The van der Waals surface area contributed by atoms with Gasteiger partial charge in [-0.05, 0) is 49.2 Å². The zero-order chi connectivity index (χ0) is 19.1. The molecule has 8 heteroatoms. The molecule has 0 fully saturated rings. The fraction of sp³-hybridized carbons (Fsp3) is 0.211. The summed E-state index contributed by atoms with van der Waals surface area (Å²) in [6.07, 6.45) is 1.20. The molecule has 0 spiro atoms. The minimum atomic E-state index is -2.94. The number of methoxy groups -OCH3 is 1. The normalized spacial score (nSPS) is 11.5. The molecule has 0 N–H and O–H groups in total. The first-order valence-electron chi connectivity index (χ1n) is 8.12. The van der Waals surface area contributed by atoms with Gasteiger partial charge in [-0.25, -0.2) is 15.0 Å². The van der Waals surface area contributed by atoms with E-state index in [-0.39, 0.29) is 5.88 Å². The van der Waals surface area contributed by atoms with Gasteiger partial charge in [0.25, 0.3) is 0 Å². The summed E-state index contributed by atoms with van der Waals surface area (Å²) in [4.78, 5) is 13.2. The predicted octanol–water partition coefficient (Wildman–Crippen LogP) is 5.13. The summed E-state index contributed by atoms with van der Waals surface area (Å²) in [6.45, 7) is 0.951. The summed E-state index contributed by atoms with van der Waals surface area (Å²) in [7, 11) is 1.63. The van der Waals surface area contributed by atoms with E-state index in [0.717, 1.165) is 37.7 Å². The fourth-order valence-corrected chi connectivity index (χ4v) is 4.05. The summed E-state index contributed by atoms with van der Waals surface area (Å²) >= 11 is 1.52. The van der Waals surface area contributed by atoms with Crippen LogP contribution in [0.5, 0.6) is 11.6 Å². The topological polar surface area (TPSA) is 57.1 Å². The van der Waals surface area contributed by atoms with Crippen molar-refractivity contribution in [2.75, 3.05) is 7.11 Å². The first-order valence-corrected chi connectivity index (χ1v) is 8.94. The highest BCUT2D eigenvalue weighted by atomic mass is 32.1. The summed E-state index contributed by atoms with van der Waals surface area (Å²) in [6, 6.07) is 7.64. The van der Waals surface area contributed by atoms with Gasteiger partial charge in [0.1, 0.15) is 10.8 Å². The summed E-state index contributed by atoms with van der Waals surface area (Å²) < 4.78 is 35.6. The molecule has 0 radical (unpaired) electrons. The van der Waals surface area contributed by atoms with Crippen molar-refractivity contribution in [3.8, 4) is 22.2 Å². The Bertz CT molecular complexity index is 1160. The first-order chi connectivity index (χ1) is 12.9. The number of halogens is 2. The minimum Gasteiger partial charge on any atom is -0.497 e. The zero-order valence-corrected chi connectivity index (χ0v) is 15.6. The molecule has 4 rings (SSSR count). The molecule has 0 saturated carbocycles. The third-order valence-electron chi connectivity index (χ3n) is 4.10. The van der Waals surface area contributed by atoms with Crippen LogP contribution < -0.4 is 9.47 Å². The highest BCUT2D eigenvalue weighted by Crippen LogP contribution is 2.37. The zero-order valence-electron chi connectivity index (χ0n) is 14.8. The number of benzene rings is 2. The molecule has 2 aromatic heterocycles. The fourth-order valence-electron chi connectivity index (χ4n) is 2.96. The molecule has 2 aromatic carbocycles. The number of thiazole rings is 1. The molecule has 0 aliphatic heterocycles. The molecule has 0 saturated heterocycles. The number of fused-ring (bicyclic) bond motifs is 2. The van der Waals surface area contributed by atoms with Crippen molar-refractivity contribution in [1.29, 1.82) is 0 Å². The van der Waals surface area contributed by atoms with Crippen molar-refractivity contribution in [3.05, 3.63) is 41.6 Å². The largest absolute Gasteiger partial charge is 0.497 e. The standard InChI is InChI=1S/C19H15F2N3O2S/c1-9-4-12(17-13(5-9)23-15(8-22-17)26-19(20)21)18-24-16-10(2)6-11(25-3)7-14(16)27-18/h4-8,19H,1-3H3. The lowest BCUT2D eigenvalue weighted by atomic mass is 10.1. The Balaban J connectivity index is 1.90. The Labute approximate surface area is 157 Å². The van der Waals surface area contributed by atoms with Crippen LogP contribution in [0.3, 0.4) is 0 Å². The number of aromatic nitrogens is 3. The smallest absolute Gasteiger partial charge is 0.388 e. The van der Waals surface area contributed by atoms with Gasteiger partial charge in [0.05, 0.1) is 34.6 Å². The molecule has 0 aliphatic carbocycles. The molecule has 0 aliphatic rings. The van der Waals surface area contributed by atoms with E-state index in [4.69, 9.17) is 9.72 Å². The monoisotopic (exact) mass is 387 g/mol. The van der Waals surface area contributed by atoms with Gasteiger partial charge < -0.3 is 9.47 Å². The van der Waals surface area contributed by atoms with E-state index in [0.29, 0.717) is 11.0 Å². The second kappa shape index (κ2) is 6.70. The van der Waals surface area contributed by atoms with Gasteiger partial charge in [-0.15, -0.1) is 11.3 Å². The van der Waals surface area contributed by atoms with Gasteiger partial charge in [-0.2, -0.15) is 8.78 Å². The van der Waals surface area contributed by atoms with Crippen molar-refractivity contribution >= 4 is 32.6 Å². The quantitative estimate of drug-likeness (QED) is 0.486. The lowest BCUT2D eigenvalue weighted by molar-refractivity contribution is -0.0528. The van der Waals surface area contributed by atoms with Crippen molar-refractivity contribution in [1.82, 2.24) is 15.0 Å². The van der Waals surface area contributed by atoms with Crippen LogP contribution in [0.2, 0.25) is 0 Å². The van der Waals surface area contributed by atoms with Crippen molar-refractivity contribution < 1.29 is 18.3 Å². The predicted molar refractivity (Wildman–Crippen MR) is 101 cm³/mol. The van der Waals surface area contributed by atoms with Crippen LogP contribution in [-0.2, 0) is 0 Å². The van der Waals surface area contributed by atoms with E-state index in [1.165, 1.54) is 17.5 Å². The Hall–Kier alpha value is -2.87. The maximum atomic E-state index is 12.5. The van der Waals surface area contributed by atoms with Gasteiger partial charge in [0.15, 0.2) is 0 Å². The molecule has 5 nitrogen and oxygen atoms in total. The van der Waals surface area contributed by atoms with E-state index in [1.54, 1.807) is 13.2 Å². The second-order valence-corrected chi connectivity index (χ2v) is 7.11. The number of rotatable bonds is 4. The SMILES string of the molecule is COc1cc(C)c2nc(-c3cc(C)cc4nc(OC(F)F)cnc34)sc2c1. The highest BCUT2D eigenvalue weighted by molar-refractivity contribution is 7.21. The second-order valence-electron chi connectivity index (χ2n) is 6.08. The lowest BCUT2D eigenvalue weighted by Crippen LogP contribution is -2.04. The minimum absolute atomic E-state index is 0.209. The molecule has 27 heavy (non-hydrogen) atoms. The molecule has 0 atom stereocenters. The number of aryl methyl sites for hydroxylation is 2. The molecule has 0 bridgehead atoms. The first kappa shape index (κ1) is 17.5. The van der Waals surface area contributed by atoms with Crippen LogP contribution in [0.15, 0.2) is 30.5 Å². The average molecular weight is 387 g/mol. The average Bonchev–Trinajstić information content (AvgIpc) is 3.04. The van der Waals surface area contributed by atoms with Crippen LogP contribution in [0.4, 0.5) is 8.78 Å². The maximum Gasteiger partial charge on any atom is 0.388 e. The van der Waals surface area contributed by atoms with Gasteiger partial charge in [0, 0.05) is 5.56 Å². The van der Waals surface area contributed by atoms with Crippen LogP contribution in [0, 0.1) is 13.8 Å². The van der Waals surface area contributed by atoms with Crippen molar-refractivity contribution in [3.63, 3.8) is 0 Å². The molecular formula is C19H15F2N3O2S. The lowest BCUT2D eigenvalue weighted by Gasteiger charge is -2.07. The van der Waals surface area contributed by atoms with Gasteiger partial charge >= 0.3 is 6.61 Å². The number of nitrogens with zero attached hydrogens (tertiary/aromatic N) is 3. The summed E-state index contributed by atoms with van der Waals surface area (Å²) in [5, 5.41) is 0.784. The Morgan fingerprint density at radius 3 is 2.59 bits per heavy atom. The van der Waals surface area contributed by atoms with E-state index in [1.807, 2.05) is 32.0 Å². The number of hydrogen-bond acceptors (Lipinski definition) is 6. The third-order valence-corrected chi connectivity index (χ3v) is 5.14. The molecule has 4 aromatic rings. The van der Waals surface area contributed by atoms with Crippen LogP contribution in [0.25, 0.3) is 31.8 Å². The third kappa shape index (κ3) is 3.28. The molecule has 0 amide bonds. The van der Waals surface area contributed by atoms with E-state index in [9.17, 15) is 8.78 Å². The van der Waals surface area contributed by atoms with Gasteiger partial charge in [0.2, 0.25) is 5.88 Å². The molecule has 138 valence electrons. The van der Waals surface area contributed by atoms with Crippen LogP contribution >= 0.6 is 11.3 Å². The van der Waals surface area contributed by atoms with E-state index < -0.39 is 6.61 Å². The Morgan fingerprint density at radius 2 is 1.85 bits per heavy atom. The Morgan fingerprint density at radius 1 is 1.04 bits per heavy atom. The van der Waals surface area contributed by atoms with Gasteiger partial charge in [-0.3, -0.25) is 0 Å². The van der Waals surface area contributed by atoms with Crippen LogP contribution in [-0.4, -0.2) is 28.7 Å². The summed E-state index contributed by atoms with van der Waals surface area (Å²) in [5.74, 6) is 0.566. The number of alkyl halides is 2. The van der Waals surface area contributed by atoms with Crippen LogP contribution in [0.1, 0.15) is 11.1 Å². The number of ether oxygens (including phenoxy) is 2. The molecular weight excluding hydrogens is 372 g/mol. The Kier molecular flexibility index (Phi) is 4.35. The number of hydrogen-bond donors (Lipinski definition) is 0. The van der Waals surface area contributed by atoms with Gasteiger partial charge in [-0.1, -0.05) is 0 Å². The van der Waals surface area contributed by atoms with Crippen molar-refractivity contribution in [2.24, 2.45) is 0 Å². The van der Waals surface area contributed by atoms with E-state index in [2.05, 4.69) is 14.7 Å². The molecule has 0 unspecified atom stereocenters.